The van der Waals surface area contributed by atoms with Crippen LogP contribution in [0.3, 0.4) is 0 Å². The Labute approximate surface area is 112 Å². The van der Waals surface area contributed by atoms with Gasteiger partial charge in [0, 0.05) is 0 Å². The molecule has 1 heterocycles. The first-order valence-electron chi connectivity index (χ1n) is 7.62. The lowest BCUT2D eigenvalue weighted by Crippen LogP contribution is -1.89. The van der Waals surface area contributed by atoms with Gasteiger partial charge in [0.2, 0.25) is 0 Å². The number of unbranched alkanes of at least 4 members (excludes halogenated alkanes) is 6. The molecule has 1 fully saturated rings. The second kappa shape index (κ2) is 7.58. The average Bonchev–Trinajstić information content (AvgIpc) is 3.18. The number of hydrogen-bond acceptors (Lipinski definition) is 1. The molecule has 0 N–H and O–H groups in total. The Hall–Kier alpha value is -0.820. The van der Waals surface area contributed by atoms with Gasteiger partial charge < -0.3 is 4.74 Å². The van der Waals surface area contributed by atoms with Gasteiger partial charge >= 0.3 is 0 Å². The fourth-order valence-corrected chi connectivity index (χ4v) is 2.60. The number of hydrogen-bond donors (Lipinski definition) is 0. The lowest BCUT2D eigenvalue weighted by molar-refractivity contribution is 0.360. The number of epoxide rings is 1. The van der Waals surface area contributed by atoms with Crippen molar-refractivity contribution in [1.29, 1.82) is 0 Å². The molecule has 0 aliphatic carbocycles. The van der Waals surface area contributed by atoms with Crippen molar-refractivity contribution in [3.05, 3.63) is 35.9 Å². The summed E-state index contributed by atoms with van der Waals surface area (Å²) < 4.78 is 5.75. The van der Waals surface area contributed by atoms with E-state index in [4.69, 9.17) is 4.74 Å². The minimum absolute atomic E-state index is 0.395. The molecule has 0 radical (unpaired) electrons. The standard InChI is InChI=1S/C17H26O/c1-2-3-4-5-6-7-11-14-16-17(18-16)15-12-9-8-10-13-15/h8-10,12-13,16-17H,2-7,11,14H2,1H3. The van der Waals surface area contributed by atoms with E-state index in [-0.39, 0.29) is 0 Å². The molecule has 2 unspecified atom stereocenters. The highest BCUT2D eigenvalue weighted by molar-refractivity contribution is 5.22. The summed E-state index contributed by atoms with van der Waals surface area (Å²) in [7, 11) is 0. The van der Waals surface area contributed by atoms with Crippen molar-refractivity contribution in [2.24, 2.45) is 0 Å². The zero-order valence-corrected chi connectivity index (χ0v) is 11.6. The second-order valence-electron chi connectivity index (χ2n) is 5.42. The number of ether oxygens (including phenoxy) is 1. The molecule has 0 saturated carbocycles. The van der Waals surface area contributed by atoms with Crippen molar-refractivity contribution >= 4 is 0 Å². The smallest absolute Gasteiger partial charge is 0.109 e. The minimum atomic E-state index is 0.395. The molecule has 1 aliphatic heterocycles. The lowest BCUT2D eigenvalue weighted by atomic mass is 10.0. The third-order valence-electron chi connectivity index (χ3n) is 3.80. The first-order chi connectivity index (χ1) is 8.92. The van der Waals surface area contributed by atoms with E-state index in [0.717, 1.165) is 0 Å². The second-order valence-corrected chi connectivity index (χ2v) is 5.42. The third kappa shape index (κ3) is 4.45. The molecular weight excluding hydrogens is 220 g/mol. The van der Waals surface area contributed by atoms with Crippen molar-refractivity contribution in [2.75, 3.05) is 0 Å². The minimum Gasteiger partial charge on any atom is -0.365 e. The van der Waals surface area contributed by atoms with E-state index in [9.17, 15) is 0 Å². The molecule has 0 bridgehead atoms. The highest BCUT2D eigenvalue weighted by atomic mass is 16.6. The number of rotatable bonds is 9. The molecule has 1 aliphatic rings. The van der Waals surface area contributed by atoms with Crippen LogP contribution in [0.1, 0.15) is 70.0 Å². The Kier molecular flexibility index (Phi) is 5.73. The molecule has 0 aromatic heterocycles. The Morgan fingerprint density at radius 3 is 2.28 bits per heavy atom. The molecule has 2 rings (SSSR count). The van der Waals surface area contributed by atoms with Crippen LogP contribution < -0.4 is 0 Å². The Morgan fingerprint density at radius 1 is 0.889 bits per heavy atom. The van der Waals surface area contributed by atoms with Crippen LogP contribution in [0, 0.1) is 0 Å². The maximum atomic E-state index is 5.75. The van der Waals surface area contributed by atoms with Crippen LogP contribution in [0.4, 0.5) is 0 Å². The predicted octanol–water partition coefficient (Wildman–Crippen LogP) is 5.27. The molecule has 1 nitrogen and oxygen atoms in total. The van der Waals surface area contributed by atoms with E-state index < -0.39 is 0 Å². The van der Waals surface area contributed by atoms with E-state index in [2.05, 4.69) is 37.3 Å². The summed E-state index contributed by atoms with van der Waals surface area (Å²) in [6.45, 7) is 2.27. The predicted molar refractivity (Wildman–Crippen MR) is 76.7 cm³/mol. The Morgan fingerprint density at radius 2 is 1.56 bits per heavy atom. The van der Waals surface area contributed by atoms with E-state index in [1.165, 1.54) is 56.9 Å². The molecule has 1 saturated heterocycles. The maximum absolute atomic E-state index is 5.75. The molecular formula is C17H26O. The van der Waals surface area contributed by atoms with Crippen LogP contribution in [0.5, 0.6) is 0 Å². The van der Waals surface area contributed by atoms with Crippen molar-refractivity contribution in [3.8, 4) is 0 Å². The fraction of sp³-hybridized carbons (Fsp3) is 0.647. The topological polar surface area (TPSA) is 12.5 Å². The van der Waals surface area contributed by atoms with Gasteiger partial charge in [-0.05, 0) is 12.0 Å². The summed E-state index contributed by atoms with van der Waals surface area (Å²) in [5.41, 5.74) is 1.35. The van der Waals surface area contributed by atoms with Crippen LogP contribution >= 0.6 is 0 Å². The van der Waals surface area contributed by atoms with Crippen LogP contribution in [0.15, 0.2) is 30.3 Å². The van der Waals surface area contributed by atoms with Gasteiger partial charge in [0.05, 0.1) is 6.10 Å². The molecule has 0 spiro atoms. The van der Waals surface area contributed by atoms with Crippen molar-refractivity contribution in [2.45, 2.75) is 70.5 Å². The summed E-state index contributed by atoms with van der Waals surface area (Å²) in [5, 5.41) is 0. The first kappa shape index (κ1) is 13.6. The van der Waals surface area contributed by atoms with Gasteiger partial charge in [0.25, 0.3) is 0 Å². The summed E-state index contributed by atoms with van der Waals surface area (Å²) in [6.07, 6.45) is 11.8. The van der Waals surface area contributed by atoms with Crippen LogP contribution in [0.2, 0.25) is 0 Å². The van der Waals surface area contributed by atoms with Crippen LogP contribution in [0.25, 0.3) is 0 Å². The molecule has 1 aromatic carbocycles. The Bertz CT molecular complexity index is 320. The molecule has 0 amide bonds. The quantitative estimate of drug-likeness (QED) is 0.427. The summed E-state index contributed by atoms with van der Waals surface area (Å²) in [4.78, 5) is 0. The summed E-state index contributed by atoms with van der Waals surface area (Å²) in [5.74, 6) is 0. The molecule has 18 heavy (non-hydrogen) atoms. The summed E-state index contributed by atoms with van der Waals surface area (Å²) in [6, 6.07) is 10.6. The van der Waals surface area contributed by atoms with Gasteiger partial charge in [-0.2, -0.15) is 0 Å². The van der Waals surface area contributed by atoms with E-state index >= 15 is 0 Å². The third-order valence-corrected chi connectivity index (χ3v) is 3.80. The molecule has 100 valence electrons. The molecule has 1 heteroatoms. The van der Waals surface area contributed by atoms with Gasteiger partial charge in [0.15, 0.2) is 0 Å². The van der Waals surface area contributed by atoms with Gasteiger partial charge in [-0.1, -0.05) is 82.2 Å². The normalized spacial score (nSPS) is 22.1. The van der Waals surface area contributed by atoms with Crippen LogP contribution in [-0.4, -0.2) is 6.10 Å². The van der Waals surface area contributed by atoms with Crippen molar-refractivity contribution in [1.82, 2.24) is 0 Å². The monoisotopic (exact) mass is 246 g/mol. The molecule has 1 aromatic rings. The zero-order chi connectivity index (χ0) is 12.6. The number of benzene rings is 1. The highest BCUT2D eigenvalue weighted by Crippen LogP contribution is 2.41. The lowest BCUT2D eigenvalue weighted by Gasteiger charge is -2.00. The largest absolute Gasteiger partial charge is 0.365 e. The Balaban J connectivity index is 1.50. The molecule has 2 atom stereocenters. The summed E-state index contributed by atoms with van der Waals surface area (Å²) >= 11 is 0. The van der Waals surface area contributed by atoms with Gasteiger partial charge in [0.1, 0.15) is 6.10 Å². The van der Waals surface area contributed by atoms with E-state index in [1.54, 1.807) is 0 Å². The van der Waals surface area contributed by atoms with Crippen molar-refractivity contribution < 1.29 is 4.74 Å². The SMILES string of the molecule is CCCCCCCCCC1OC1c1ccccc1. The maximum Gasteiger partial charge on any atom is 0.109 e. The first-order valence-corrected chi connectivity index (χ1v) is 7.62. The highest BCUT2D eigenvalue weighted by Gasteiger charge is 2.38. The van der Waals surface area contributed by atoms with Gasteiger partial charge in [-0.15, -0.1) is 0 Å². The average molecular weight is 246 g/mol. The fourth-order valence-electron chi connectivity index (χ4n) is 2.60. The van der Waals surface area contributed by atoms with E-state index in [0.29, 0.717) is 12.2 Å². The van der Waals surface area contributed by atoms with Gasteiger partial charge in [-0.3, -0.25) is 0 Å². The van der Waals surface area contributed by atoms with Crippen molar-refractivity contribution in [3.63, 3.8) is 0 Å². The van der Waals surface area contributed by atoms with Gasteiger partial charge in [-0.25, -0.2) is 0 Å². The van der Waals surface area contributed by atoms with Crippen LogP contribution in [-0.2, 0) is 4.74 Å². The van der Waals surface area contributed by atoms with E-state index in [1.807, 2.05) is 0 Å². The zero-order valence-electron chi connectivity index (χ0n) is 11.6.